The number of benzene rings is 3. The Labute approximate surface area is 184 Å². The third-order valence-electron chi connectivity index (χ3n) is 4.71. The summed E-state index contributed by atoms with van der Waals surface area (Å²) in [5.74, 6) is -0.195. The highest BCUT2D eigenvalue weighted by Gasteiger charge is 2.15. The largest absolute Gasteiger partial charge is 0.489 e. The summed E-state index contributed by atoms with van der Waals surface area (Å²) in [6.45, 7) is 0.539. The lowest BCUT2D eigenvalue weighted by atomic mass is 10.1. The van der Waals surface area contributed by atoms with Crippen LogP contribution in [0.25, 0.3) is 0 Å². The van der Waals surface area contributed by atoms with Crippen molar-refractivity contribution >= 4 is 11.6 Å². The Hall–Kier alpha value is -4.04. The highest BCUT2D eigenvalue weighted by molar-refractivity contribution is 6.01. The second kappa shape index (κ2) is 9.84. The van der Waals surface area contributed by atoms with Gasteiger partial charge in [-0.2, -0.15) is 0 Å². The number of aliphatic hydroxyl groups is 1. The van der Waals surface area contributed by atoms with Gasteiger partial charge >= 0.3 is 0 Å². The Morgan fingerprint density at radius 2 is 1.75 bits per heavy atom. The van der Waals surface area contributed by atoms with E-state index in [9.17, 15) is 14.3 Å². The molecule has 0 aliphatic heterocycles. The van der Waals surface area contributed by atoms with Gasteiger partial charge in [0.2, 0.25) is 5.82 Å². The van der Waals surface area contributed by atoms with Crippen molar-refractivity contribution in [3.8, 4) is 5.75 Å². The molecule has 0 fully saturated rings. The summed E-state index contributed by atoms with van der Waals surface area (Å²) in [5, 5.41) is 17.1. The maximum absolute atomic E-state index is 13.0. The summed E-state index contributed by atoms with van der Waals surface area (Å²) in [5.41, 5.74) is 2.18. The first-order chi connectivity index (χ1) is 15.6. The predicted octanol–water partition coefficient (Wildman–Crippen LogP) is 3.98. The fourth-order valence-electron chi connectivity index (χ4n) is 3.02. The van der Waals surface area contributed by atoms with E-state index in [0.717, 1.165) is 5.56 Å². The molecule has 4 aromatic rings. The van der Waals surface area contributed by atoms with Gasteiger partial charge in [-0.05, 0) is 47.5 Å². The molecule has 1 aromatic heterocycles. The Bertz CT molecular complexity index is 1160. The van der Waals surface area contributed by atoms with E-state index in [1.807, 2.05) is 30.3 Å². The molecule has 1 amide bonds. The maximum Gasteiger partial charge on any atom is 0.295 e. The number of aliphatic hydroxyl groups excluding tert-OH is 1. The number of nitrogens with one attached hydrogen (secondary N) is 1. The SMILES string of the molecule is O=C(Nc1ccc(OCc2ccccc2)cc1)c1ncn(C[C@H](O)c2ccc(F)cc2)n1. The molecule has 8 heteroatoms. The average Bonchev–Trinajstić information content (AvgIpc) is 3.28. The normalized spacial score (nSPS) is 11.7. The minimum absolute atomic E-state index is 0.0271. The van der Waals surface area contributed by atoms with Gasteiger partial charge < -0.3 is 15.2 Å². The third kappa shape index (κ3) is 5.55. The van der Waals surface area contributed by atoms with Crippen LogP contribution in [0.1, 0.15) is 27.8 Å². The first-order valence-corrected chi connectivity index (χ1v) is 9.98. The number of anilines is 1. The lowest BCUT2D eigenvalue weighted by Gasteiger charge is -2.10. The summed E-state index contributed by atoms with van der Waals surface area (Å²) < 4.78 is 20.1. The van der Waals surface area contributed by atoms with Crippen molar-refractivity contribution < 1.29 is 19.0 Å². The van der Waals surface area contributed by atoms with Gasteiger partial charge in [0.1, 0.15) is 24.5 Å². The minimum Gasteiger partial charge on any atom is -0.489 e. The number of carbonyl (C=O) groups is 1. The topological polar surface area (TPSA) is 89.3 Å². The molecule has 0 unspecified atom stereocenters. The van der Waals surface area contributed by atoms with Crippen LogP contribution in [0.4, 0.5) is 10.1 Å². The second-order valence-corrected chi connectivity index (χ2v) is 7.11. The molecule has 2 N–H and O–H groups in total. The number of amides is 1. The van der Waals surface area contributed by atoms with Crippen LogP contribution in [-0.4, -0.2) is 25.8 Å². The van der Waals surface area contributed by atoms with Crippen LogP contribution in [-0.2, 0) is 13.2 Å². The Balaban J connectivity index is 1.31. The van der Waals surface area contributed by atoms with Crippen molar-refractivity contribution in [1.29, 1.82) is 0 Å². The van der Waals surface area contributed by atoms with E-state index in [2.05, 4.69) is 15.4 Å². The van der Waals surface area contributed by atoms with E-state index in [1.54, 1.807) is 24.3 Å². The standard InChI is InChI=1S/C24H21FN4O3/c25-19-8-6-18(7-9-19)22(30)14-29-16-26-23(28-29)24(31)27-20-10-12-21(13-11-20)32-15-17-4-2-1-3-5-17/h1-13,16,22,30H,14-15H2,(H,27,31)/t22-/m0/s1. The molecule has 1 atom stereocenters. The maximum atomic E-state index is 13.0. The molecule has 0 radical (unpaired) electrons. The molecular weight excluding hydrogens is 411 g/mol. The number of nitrogens with zero attached hydrogens (tertiary/aromatic N) is 3. The van der Waals surface area contributed by atoms with Crippen LogP contribution in [0.5, 0.6) is 5.75 Å². The molecule has 0 bridgehead atoms. The molecule has 0 aliphatic rings. The van der Waals surface area contributed by atoms with Crippen LogP contribution in [0.2, 0.25) is 0 Å². The van der Waals surface area contributed by atoms with Crippen molar-refractivity contribution in [1.82, 2.24) is 14.8 Å². The van der Waals surface area contributed by atoms with Crippen LogP contribution in [0.3, 0.4) is 0 Å². The lowest BCUT2D eigenvalue weighted by molar-refractivity contribution is 0.101. The number of hydrogen-bond acceptors (Lipinski definition) is 5. The van der Waals surface area contributed by atoms with E-state index in [4.69, 9.17) is 4.74 Å². The van der Waals surface area contributed by atoms with E-state index in [-0.39, 0.29) is 18.2 Å². The highest BCUT2D eigenvalue weighted by Crippen LogP contribution is 2.18. The first-order valence-electron chi connectivity index (χ1n) is 9.98. The predicted molar refractivity (Wildman–Crippen MR) is 117 cm³/mol. The van der Waals surface area contributed by atoms with Crippen molar-refractivity contribution in [3.63, 3.8) is 0 Å². The molecule has 0 saturated carbocycles. The van der Waals surface area contributed by atoms with Crippen molar-refractivity contribution in [3.05, 3.63) is 108 Å². The van der Waals surface area contributed by atoms with Crippen molar-refractivity contribution in [2.75, 3.05) is 5.32 Å². The van der Waals surface area contributed by atoms with Gasteiger partial charge in [-0.3, -0.25) is 4.79 Å². The van der Waals surface area contributed by atoms with Crippen LogP contribution in [0.15, 0.2) is 85.2 Å². The fourth-order valence-corrected chi connectivity index (χ4v) is 3.02. The second-order valence-electron chi connectivity index (χ2n) is 7.11. The van der Waals surface area contributed by atoms with E-state index < -0.39 is 12.0 Å². The fraction of sp³-hybridized carbons (Fsp3) is 0.125. The summed E-state index contributed by atoms with van der Waals surface area (Å²) >= 11 is 0. The number of carbonyl (C=O) groups excluding carboxylic acids is 1. The van der Waals surface area contributed by atoms with Crippen LogP contribution >= 0.6 is 0 Å². The summed E-state index contributed by atoms with van der Waals surface area (Å²) in [6.07, 6.45) is 0.457. The van der Waals surface area contributed by atoms with Gasteiger partial charge in [0.25, 0.3) is 5.91 Å². The molecule has 32 heavy (non-hydrogen) atoms. The lowest BCUT2D eigenvalue weighted by Crippen LogP contribution is -2.15. The number of rotatable bonds is 8. The van der Waals surface area contributed by atoms with Gasteiger partial charge in [0.05, 0.1) is 12.6 Å². The van der Waals surface area contributed by atoms with Gasteiger partial charge in [-0.1, -0.05) is 42.5 Å². The Kier molecular flexibility index (Phi) is 6.52. The van der Waals surface area contributed by atoms with Crippen LogP contribution in [0, 0.1) is 5.82 Å². The quantitative estimate of drug-likeness (QED) is 0.440. The monoisotopic (exact) mass is 432 g/mol. The van der Waals surface area contributed by atoms with E-state index in [1.165, 1.54) is 35.3 Å². The Morgan fingerprint density at radius 3 is 2.47 bits per heavy atom. The summed E-state index contributed by atoms with van der Waals surface area (Å²) in [7, 11) is 0. The zero-order valence-corrected chi connectivity index (χ0v) is 17.1. The minimum atomic E-state index is -0.906. The van der Waals surface area contributed by atoms with Gasteiger partial charge in [0, 0.05) is 5.69 Å². The molecule has 4 rings (SSSR count). The van der Waals surface area contributed by atoms with Gasteiger partial charge in [0.15, 0.2) is 0 Å². The molecule has 3 aromatic carbocycles. The van der Waals surface area contributed by atoms with Crippen molar-refractivity contribution in [2.45, 2.75) is 19.3 Å². The zero-order chi connectivity index (χ0) is 22.3. The van der Waals surface area contributed by atoms with Gasteiger partial charge in [-0.25, -0.2) is 14.1 Å². The first kappa shape index (κ1) is 21.2. The molecular formula is C24H21FN4O3. The number of aromatic nitrogens is 3. The average molecular weight is 432 g/mol. The molecule has 162 valence electrons. The number of halogens is 1. The number of hydrogen-bond donors (Lipinski definition) is 2. The molecule has 0 aliphatic carbocycles. The number of ether oxygens (including phenoxy) is 1. The molecule has 1 heterocycles. The van der Waals surface area contributed by atoms with Crippen LogP contribution < -0.4 is 10.1 Å². The third-order valence-corrected chi connectivity index (χ3v) is 4.71. The Morgan fingerprint density at radius 1 is 1.03 bits per heavy atom. The zero-order valence-electron chi connectivity index (χ0n) is 17.1. The van der Waals surface area contributed by atoms with E-state index >= 15 is 0 Å². The van der Waals surface area contributed by atoms with Gasteiger partial charge in [-0.15, -0.1) is 5.10 Å². The molecule has 0 spiro atoms. The van der Waals surface area contributed by atoms with E-state index in [0.29, 0.717) is 23.6 Å². The smallest absolute Gasteiger partial charge is 0.295 e. The molecule has 7 nitrogen and oxygen atoms in total. The highest BCUT2D eigenvalue weighted by atomic mass is 19.1. The summed E-state index contributed by atoms with van der Waals surface area (Å²) in [6, 6.07) is 22.4. The van der Waals surface area contributed by atoms with Crippen molar-refractivity contribution in [2.24, 2.45) is 0 Å². The summed E-state index contributed by atoms with van der Waals surface area (Å²) in [4.78, 5) is 16.4. The molecule has 0 saturated heterocycles.